The van der Waals surface area contributed by atoms with Crippen LogP contribution in [0.2, 0.25) is 0 Å². The summed E-state index contributed by atoms with van der Waals surface area (Å²) < 4.78 is 28.2. The predicted octanol–water partition coefficient (Wildman–Crippen LogP) is 3.44. The van der Waals surface area contributed by atoms with Crippen LogP contribution in [0.3, 0.4) is 0 Å². The van der Waals surface area contributed by atoms with E-state index >= 15 is 0 Å². The minimum Gasteiger partial charge on any atom is -0.460 e. The lowest BCUT2D eigenvalue weighted by molar-refractivity contribution is -0.268. The van der Waals surface area contributed by atoms with Gasteiger partial charge in [-0.25, -0.2) is 4.79 Å². The Kier molecular flexibility index (Phi) is 11.7. The number of azide groups is 1. The molecule has 1 saturated heterocycles. The highest BCUT2D eigenvalue weighted by Gasteiger charge is 2.46. The van der Waals surface area contributed by atoms with Gasteiger partial charge in [0.1, 0.15) is 17.8 Å². The number of ether oxygens (including phenoxy) is 5. The largest absolute Gasteiger partial charge is 0.460 e. The van der Waals surface area contributed by atoms with Crippen molar-refractivity contribution in [3.05, 3.63) is 58.5 Å². The van der Waals surface area contributed by atoms with Crippen molar-refractivity contribution in [1.29, 1.82) is 0 Å². The molecule has 0 unspecified atom stereocenters. The number of amides is 1. The number of benzene rings is 1. The van der Waals surface area contributed by atoms with Gasteiger partial charge in [0.05, 0.1) is 18.7 Å². The first-order valence-corrected chi connectivity index (χ1v) is 12.6. The van der Waals surface area contributed by atoms with Crippen LogP contribution in [0.5, 0.6) is 0 Å². The van der Waals surface area contributed by atoms with Crippen molar-refractivity contribution in [1.82, 2.24) is 5.32 Å². The topological polar surface area (TPSA) is 175 Å². The fraction of sp³-hybridized carbons (Fsp3) is 0.556. The fourth-order valence-corrected chi connectivity index (χ4v) is 4.11. The summed E-state index contributed by atoms with van der Waals surface area (Å²) in [6.07, 6.45) is -4.69. The molecule has 0 saturated carbocycles. The van der Waals surface area contributed by atoms with E-state index in [-0.39, 0.29) is 18.6 Å². The molecule has 0 bridgehead atoms. The average molecular weight is 561 g/mol. The van der Waals surface area contributed by atoms with Gasteiger partial charge in [-0.3, -0.25) is 14.4 Å². The number of carbonyl (C=O) groups excluding carboxylic acids is 4. The maximum absolute atomic E-state index is 12.7. The van der Waals surface area contributed by atoms with E-state index in [1.165, 1.54) is 13.8 Å². The molecule has 0 radical (unpaired) electrons. The molecule has 1 aromatic carbocycles. The summed E-state index contributed by atoms with van der Waals surface area (Å²) in [4.78, 5) is 52.0. The van der Waals surface area contributed by atoms with Crippen molar-refractivity contribution >= 4 is 23.8 Å². The second kappa shape index (κ2) is 14.5. The van der Waals surface area contributed by atoms with E-state index in [4.69, 9.17) is 23.7 Å². The Morgan fingerprint density at radius 1 is 1.15 bits per heavy atom. The van der Waals surface area contributed by atoms with Gasteiger partial charge in [-0.15, -0.1) is 0 Å². The van der Waals surface area contributed by atoms with Gasteiger partial charge in [-0.05, 0) is 26.3 Å². The summed E-state index contributed by atoms with van der Waals surface area (Å²) in [5.41, 5.74) is 9.28. The monoisotopic (exact) mass is 560 g/mol. The number of carbonyl (C=O) groups is 4. The van der Waals surface area contributed by atoms with Crippen LogP contribution in [-0.2, 0) is 42.9 Å². The van der Waals surface area contributed by atoms with Gasteiger partial charge in [0, 0.05) is 43.2 Å². The highest BCUT2D eigenvalue weighted by Crippen LogP contribution is 2.33. The summed E-state index contributed by atoms with van der Waals surface area (Å²) in [7, 11) is 0. The number of nitrogens with zero attached hydrogens (tertiary/aromatic N) is 3. The molecule has 1 N–H and O–H groups in total. The van der Waals surface area contributed by atoms with Crippen molar-refractivity contribution in [2.24, 2.45) is 5.11 Å². The van der Waals surface area contributed by atoms with Crippen LogP contribution in [0, 0.1) is 0 Å². The second-order valence-electron chi connectivity index (χ2n) is 10.2. The van der Waals surface area contributed by atoms with E-state index in [0.29, 0.717) is 5.56 Å². The van der Waals surface area contributed by atoms with Crippen LogP contribution in [0.25, 0.3) is 10.4 Å². The van der Waals surface area contributed by atoms with E-state index < -0.39 is 66.1 Å². The van der Waals surface area contributed by atoms with Crippen LogP contribution in [0.1, 0.15) is 59.8 Å². The zero-order valence-corrected chi connectivity index (χ0v) is 23.5. The Morgan fingerprint density at radius 3 is 2.33 bits per heavy atom. The first-order valence-electron chi connectivity index (χ1n) is 12.6. The Bertz CT molecular complexity index is 1130. The molecule has 13 nitrogen and oxygen atoms in total. The lowest BCUT2D eigenvalue weighted by Gasteiger charge is -2.42. The third-order valence-corrected chi connectivity index (χ3v) is 5.56. The van der Waals surface area contributed by atoms with Crippen LogP contribution in [0.4, 0.5) is 0 Å². The van der Waals surface area contributed by atoms with Crippen LogP contribution >= 0.6 is 0 Å². The van der Waals surface area contributed by atoms with Gasteiger partial charge in [0.15, 0.2) is 12.4 Å². The average Bonchev–Trinajstić information content (AvgIpc) is 2.85. The van der Waals surface area contributed by atoms with Gasteiger partial charge in [0.2, 0.25) is 5.91 Å². The molecular weight excluding hydrogens is 524 g/mol. The molecule has 1 aliphatic rings. The van der Waals surface area contributed by atoms with E-state index in [0.717, 1.165) is 6.92 Å². The molecule has 1 heterocycles. The molecular formula is C27H36N4O9. The maximum atomic E-state index is 12.7. The van der Waals surface area contributed by atoms with Crippen LogP contribution in [0.15, 0.2) is 47.6 Å². The molecule has 1 aliphatic heterocycles. The number of rotatable bonds is 11. The summed E-state index contributed by atoms with van der Waals surface area (Å²) in [5.74, 6) is -2.68. The number of hydrogen-bond acceptors (Lipinski definition) is 10. The first-order chi connectivity index (χ1) is 18.7. The normalized spacial score (nSPS) is 21.0. The van der Waals surface area contributed by atoms with Crippen molar-refractivity contribution in [3.63, 3.8) is 0 Å². The Morgan fingerprint density at radius 2 is 1.80 bits per heavy atom. The van der Waals surface area contributed by atoms with Crippen LogP contribution < -0.4 is 5.32 Å². The summed E-state index contributed by atoms with van der Waals surface area (Å²) in [6.45, 7) is 12.2. The third kappa shape index (κ3) is 9.99. The van der Waals surface area contributed by atoms with Gasteiger partial charge in [-0.1, -0.05) is 42.0 Å². The van der Waals surface area contributed by atoms with Crippen molar-refractivity contribution in [3.8, 4) is 0 Å². The Balaban J connectivity index is 2.54. The number of esters is 3. The molecule has 2 rings (SSSR count). The highest BCUT2D eigenvalue weighted by molar-refractivity contribution is 5.88. The van der Waals surface area contributed by atoms with Gasteiger partial charge < -0.3 is 29.0 Å². The fourth-order valence-electron chi connectivity index (χ4n) is 4.11. The smallest absolute Gasteiger partial charge is 0.334 e. The molecule has 40 heavy (non-hydrogen) atoms. The number of hydrogen-bond donors (Lipinski definition) is 1. The summed E-state index contributed by atoms with van der Waals surface area (Å²) in [6, 6.07) is 6.33. The third-order valence-electron chi connectivity index (χ3n) is 5.56. The zero-order valence-electron chi connectivity index (χ0n) is 23.5. The Labute approximate surface area is 232 Å². The molecule has 1 amide bonds. The SMILES string of the molecule is C=C(C[C@@H](OC(C)=O)[C@@H](NC(C)=O)[C@@H](N=[N+]=[N-])[C@@H]1O[C@H](c2ccccc2)OC[C@H]1OC(C)=O)C(=O)OC(C)(C)C. The van der Waals surface area contributed by atoms with Gasteiger partial charge in [-0.2, -0.15) is 0 Å². The molecule has 0 aliphatic carbocycles. The Hall–Kier alpha value is -3.93. The number of nitrogens with one attached hydrogen (secondary N) is 1. The van der Waals surface area contributed by atoms with Gasteiger partial charge >= 0.3 is 17.9 Å². The molecule has 0 spiro atoms. The van der Waals surface area contributed by atoms with E-state index in [9.17, 15) is 24.7 Å². The highest BCUT2D eigenvalue weighted by atomic mass is 16.7. The quantitative estimate of drug-likeness (QED) is 0.106. The molecule has 218 valence electrons. The molecule has 13 heteroatoms. The molecule has 1 aromatic rings. The molecule has 0 aromatic heterocycles. The lowest BCUT2D eigenvalue weighted by Crippen LogP contribution is -2.60. The molecule has 1 fully saturated rings. The van der Waals surface area contributed by atoms with Gasteiger partial charge in [0.25, 0.3) is 0 Å². The maximum Gasteiger partial charge on any atom is 0.334 e. The van der Waals surface area contributed by atoms with E-state index in [1.807, 2.05) is 6.07 Å². The van der Waals surface area contributed by atoms with Crippen molar-refractivity contribution in [2.75, 3.05) is 6.61 Å². The molecule has 6 atom stereocenters. The first kappa shape index (κ1) is 32.3. The minimum absolute atomic E-state index is 0.0530. The standard InChI is InChI=1S/C27H36N4O9/c1-15(25(35)40-27(5,6)7)13-20(37-17(3)33)22(29-16(2)32)23(30-31-28)24-21(38-18(4)34)14-36-26(39-24)19-11-9-8-10-12-19/h8-12,20-24,26H,1,13-14H2,2-7H3,(H,29,32)/t20-,21-,22-,23-,24-,26-/m1/s1. The zero-order chi connectivity index (χ0) is 30.0. The summed E-state index contributed by atoms with van der Waals surface area (Å²) in [5, 5.41) is 6.54. The predicted molar refractivity (Wildman–Crippen MR) is 141 cm³/mol. The van der Waals surface area contributed by atoms with Crippen molar-refractivity contribution < 1.29 is 42.9 Å². The van der Waals surface area contributed by atoms with Crippen LogP contribution in [-0.4, -0.2) is 66.4 Å². The second-order valence-corrected chi connectivity index (χ2v) is 10.2. The minimum atomic E-state index is -1.30. The summed E-state index contributed by atoms with van der Waals surface area (Å²) >= 11 is 0. The van der Waals surface area contributed by atoms with Crippen molar-refractivity contribution in [2.45, 2.75) is 90.2 Å². The van der Waals surface area contributed by atoms with E-state index in [2.05, 4.69) is 21.9 Å². The van der Waals surface area contributed by atoms with E-state index in [1.54, 1.807) is 45.0 Å². The lowest BCUT2D eigenvalue weighted by atomic mass is 9.90.